The van der Waals surface area contributed by atoms with Gasteiger partial charge >= 0.3 is 0 Å². The third-order valence-corrected chi connectivity index (χ3v) is 6.59. The number of benzene rings is 1. The minimum atomic E-state index is -3.40. The number of ether oxygens (including phenoxy) is 1. The monoisotopic (exact) mass is 338 g/mol. The summed E-state index contributed by atoms with van der Waals surface area (Å²) in [4.78, 5) is 0.360. The lowest BCUT2D eigenvalue weighted by Crippen LogP contribution is -2.43. The fourth-order valence-electron chi connectivity index (χ4n) is 3.34. The van der Waals surface area contributed by atoms with Gasteiger partial charge in [-0.3, -0.25) is 0 Å². The highest BCUT2D eigenvalue weighted by molar-refractivity contribution is 7.89. The quantitative estimate of drug-likeness (QED) is 0.891. The molecule has 3 rings (SSSR count). The molecule has 2 saturated heterocycles. The molecule has 0 bridgehead atoms. The van der Waals surface area contributed by atoms with E-state index >= 15 is 0 Å². The van der Waals surface area contributed by atoms with Crippen molar-refractivity contribution in [3.8, 4) is 5.75 Å². The standard InChI is InChI=1S/C17H26N2O3S/c1-13(2)12-22-16-3-5-17(6-4-16)23(20,21)19-8-7-14-9-18-10-15(14)11-19/h3-6,13-15,18H,7-12H2,1-2H3. The number of nitrogens with zero attached hydrogens (tertiary/aromatic N) is 1. The molecule has 2 atom stereocenters. The number of piperidine rings is 1. The van der Waals surface area contributed by atoms with Crippen molar-refractivity contribution >= 4 is 10.0 Å². The van der Waals surface area contributed by atoms with Crippen LogP contribution in [0.1, 0.15) is 20.3 Å². The van der Waals surface area contributed by atoms with Gasteiger partial charge in [0.05, 0.1) is 11.5 Å². The molecule has 0 radical (unpaired) electrons. The lowest BCUT2D eigenvalue weighted by Gasteiger charge is -2.33. The van der Waals surface area contributed by atoms with Gasteiger partial charge in [-0.05, 0) is 61.5 Å². The molecule has 0 saturated carbocycles. The van der Waals surface area contributed by atoms with E-state index in [4.69, 9.17) is 4.74 Å². The first-order chi connectivity index (χ1) is 11.0. The summed E-state index contributed by atoms with van der Waals surface area (Å²) in [5.74, 6) is 2.25. The Morgan fingerprint density at radius 2 is 1.91 bits per heavy atom. The number of nitrogens with one attached hydrogen (secondary N) is 1. The third kappa shape index (κ3) is 3.70. The van der Waals surface area contributed by atoms with Crippen LogP contribution in [0.4, 0.5) is 0 Å². The van der Waals surface area contributed by atoms with Crippen LogP contribution in [0.15, 0.2) is 29.2 Å². The van der Waals surface area contributed by atoms with E-state index in [9.17, 15) is 8.42 Å². The molecule has 6 heteroatoms. The second-order valence-corrected chi connectivity index (χ2v) is 8.94. The summed E-state index contributed by atoms with van der Waals surface area (Å²) in [7, 11) is -3.40. The zero-order chi connectivity index (χ0) is 16.4. The van der Waals surface area contributed by atoms with Crippen LogP contribution < -0.4 is 10.1 Å². The van der Waals surface area contributed by atoms with Gasteiger partial charge in [0.25, 0.3) is 0 Å². The van der Waals surface area contributed by atoms with Crippen molar-refractivity contribution in [2.45, 2.75) is 25.2 Å². The zero-order valence-corrected chi connectivity index (χ0v) is 14.7. The highest BCUT2D eigenvalue weighted by atomic mass is 32.2. The Labute approximate surface area is 139 Å². The lowest BCUT2D eigenvalue weighted by atomic mass is 9.90. The van der Waals surface area contributed by atoms with Gasteiger partial charge in [0.15, 0.2) is 0 Å². The van der Waals surface area contributed by atoms with Crippen molar-refractivity contribution in [1.29, 1.82) is 0 Å². The van der Waals surface area contributed by atoms with Crippen LogP contribution in [0.2, 0.25) is 0 Å². The molecule has 2 unspecified atom stereocenters. The molecule has 2 fully saturated rings. The minimum absolute atomic E-state index is 0.360. The Morgan fingerprint density at radius 1 is 1.22 bits per heavy atom. The van der Waals surface area contributed by atoms with E-state index in [1.807, 2.05) is 0 Å². The molecule has 2 aliphatic heterocycles. The van der Waals surface area contributed by atoms with E-state index in [-0.39, 0.29) is 0 Å². The van der Waals surface area contributed by atoms with Crippen molar-refractivity contribution in [2.75, 3.05) is 32.8 Å². The molecule has 1 N–H and O–H groups in total. The van der Waals surface area contributed by atoms with Gasteiger partial charge in [0.2, 0.25) is 10.0 Å². The Hall–Kier alpha value is -1.11. The van der Waals surface area contributed by atoms with Crippen molar-refractivity contribution < 1.29 is 13.2 Å². The molecule has 0 amide bonds. The predicted octanol–water partition coefficient (Wildman–Crippen LogP) is 1.95. The second-order valence-electron chi connectivity index (χ2n) is 7.01. The number of rotatable bonds is 5. The molecule has 2 aliphatic rings. The summed E-state index contributed by atoms with van der Waals surface area (Å²) in [6.07, 6.45) is 0.951. The van der Waals surface area contributed by atoms with Crippen molar-refractivity contribution in [1.82, 2.24) is 9.62 Å². The number of hydrogen-bond donors (Lipinski definition) is 1. The summed E-state index contributed by atoms with van der Waals surface area (Å²) >= 11 is 0. The summed E-state index contributed by atoms with van der Waals surface area (Å²) in [5.41, 5.74) is 0. The maximum atomic E-state index is 12.8. The number of hydrogen-bond acceptors (Lipinski definition) is 4. The smallest absolute Gasteiger partial charge is 0.243 e. The van der Waals surface area contributed by atoms with Crippen LogP contribution in [-0.2, 0) is 10.0 Å². The average molecular weight is 338 g/mol. The molecule has 23 heavy (non-hydrogen) atoms. The molecule has 1 aromatic rings. The first-order valence-electron chi connectivity index (χ1n) is 8.40. The first kappa shape index (κ1) is 16.7. The first-order valence-corrected chi connectivity index (χ1v) is 9.84. The summed E-state index contributed by atoms with van der Waals surface area (Å²) in [6.45, 7) is 8.01. The van der Waals surface area contributed by atoms with Gasteiger partial charge in [-0.2, -0.15) is 4.31 Å². The van der Waals surface area contributed by atoms with Gasteiger partial charge in [0, 0.05) is 13.1 Å². The van der Waals surface area contributed by atoms with Crippen LogP contribution in [0.3, 0.4) is 0 Å². The average Bonchev–Trinajstić information content (AvgIpc) is 3.01. The Morgan fingerprint density at radius 3 is 2.61 bits per heavy atom. The van der Waals surface area contributed by atoms with Crippen molar-refractivity contribution in [3.63, 3.8) is 0 Å². The highest BCUT2D eigenvalue weighted by Gasteiger charge is 2.37. The van der Waals surface area contributed by atoms with E-state index in [0.29, 0.717) is 42.3 Å². The van der Waals surface area contributed by atoms with Gasteiger partial charge < -0.3 is 10.1 Å². The van der Waals surface area contributed by atoms with Crippen LogP contribution in [-0.4, -0.2) is 45.5 Å². The van der Waals surface area contributed by atoms with Crippen LogP contribution in [0.5, 0.6) is 5.75 Å². The minimum Gasteiger partial charge on any atom is -0.493 e. The molecule has 1 aromatic carbocycles. The van der Waals surface area contributed by atoms with E-state index < -0.39 is 10.0 Å². The fraction of sp³-hybridized carbons (Fsp3) is 0.647. The third-order valence-electron chi connectivity index (χ3n) is 4.71. The Bertz CT molecular complexity index is 628. The molecular formula is C17H26N2O3S. The second kappa shape index (κ2) is 6.79. The van der Waals surface area contributed by atoms with Gasteiger partial charge in [-0.1, -0.05) is 13.8 Å². The van der Waals surface area contributed by atoms with Gasteiger partial charge in [-0.15, -0.1) is 0 Å². The van der Waals surface area contributed by atoms with Gasteiger partial charge in [-0.25, -0.2) is 8.42 Å². The highest BCUT2D eigenvalue weighted by Crippen LogP contribution is 2.30. The molecule has 0 aliphatic carbocycles. The largest absolute Gasteiger partial charge is 0.493 e. The van der Waals surface area contributed by atoms with E-state index in [2.05, 4.69) is 19.2 Å². The van der Waals surface area contributed by atoms with Crippen LogP contribution in [0, 0.1) is 17.8 Å². The summed E-state index contributed by atoms with van der Waals surface area (Å²) in [6, 6.07) is 6.81. The number of fused-ring (bicyclic) bond motifs is 1. The predicted molar refractivity (Wildman–Crippen MR) is 90.0 cm³/mol. The Balaban J connectivity index is 1.69. The molecule has 5 nitrogen and oxygen atoms in total. The number of sulfonamides is 1. The Kier molecular flexibility index (Phi) is 4.94. The summed E-state index contributed by atoms with van der Waals surface area (Å²) in [5, 5.41) is 3.37. The molecule has 0 spiro atoms. The van der Waals surface area contributed by atoms with Crippen LogP contribution >= 0.6 is 0 Å². The lowest BCUT2D eigenvalue weighted by molar-refractivity contribution is 0.228. The van der Waals surface area contributed by atoms with E-state index in [0.717, 1.165) is 25.3 Å². The fourth-order valence-corrected chi connectivity index (χ4v) is 4.85. The van der Waals surface area contributed by atoms with Crippen molar-refractivity contribution in [2.24, 2.45) is 17.8 Å². The SMILES string of the molecule is CC(C)COc1ccc(S(=O)(=O)N2CCC3CNCC3C2)cc1. The maximum Gasteiger partial charge on any atom is 0.243 e. The molecule has 128 valence electrons. The normalized spacial score (nSPS) is 25.5. The molecular weight excluding hydrogens is 312 g/mol. The van der Waals surface area contributed by atoms with E-state index in [1.54, 1.807) is 28.6 Å². The van der Waals surface area contributed by atoms with E-state index in [1.165, 1.54) is 0 Å². The topological polar surface area (TPSA) is 58.6 Å². The molecule has 0 aromatic heterocycles. The maximum absolute atomic E-state index is 12.8. The zero-order valence-electron chi connectivity index (χ0n) is 13.9. The van der Waals surface area contributed by atoms with Gasteiger partial charge in [0.1, 0.15) is 5.75 Å². The van der Waals surface area contributed by atoms with Crippen molar-refractivity contribution in [3.05, 3.63) is 24.3 Å². The van der Waals surface area contributed by atoms with Crippen LogP contribution in [0.25, 0.3) is 0 Å². The summed E-state index contributed by atoms with van der Waals surface area (Å²) < 4.78 is 32.9. The molecule has 2 heterocycles.